The highest BCUT2D eigenvalue weighted by Gasteiger charge is 2.27. The smallest absolute Gasteiger partial charge is 0.268 e. The number of rotatable bonds is 4. The molecule has 2 heterocycles. The molecule has 32 heavy (non-hydrogen) atoms. The molecule has 6 nitrogen and oxygen atoms in total. The number of fused-ring (bicyclic) bond motifs is 1. The van der Waals surface area contributed by atoms with Gasteiger partial charge in [-0.1, -0.05) is 0 Å². The van der Waals surface area contributed by atoms with E-state index in [4.69, 9.17) is 5.73 Å². The lowest BCUT2D eigenvalue weighted by Crippen LogP contribution is -2.40. The molecule has 0 fully saturated rings. The predicted molar refractivity (Wildman–Crippen MR) is 110 cm³/mol. The maximum atomic E-state index is 13.4. The lowest BCUT2D eigenvalue weighted by Gasteiger charge is -2.30. The Morgan fingerprint density at radius 2 is 1.62 bits per heavy atom. The van der Waals surface area contributed by atoms with Gasteiger partial charge < -0.3 is 10.6 Å². The highest BCUT2D eigenvalue weighted by atomic mass is 19.1. The van der Waals surface area contributed by atoms with Gasteiger partial charge in [-0.2, -0.15) is 0 Å². The molecule has 0 spiro atoms. The van der Waals surface area contributed by atoms with Gasteiger partial charge in [-0.05, 0) is 59.5 Å². The van der Waals surface area contributed by atoms with Gasteiger partial charge in [0.05, 0.1) is 6.42 Å². The maximum Gasteiger partial charge on any atom is 0.268 e. The minimum Gasteiger partial charge on any atom is -0.365 e. The molecule has 2 N–H and O–H groups in total. The van der Waals surface area contributed by atoms with Crippen molar-refractivity contribution in [3.63, 3.8) is 0 Å². The average Bonchev–Trinajstić information content (AvgIpc) is 2.72. The second-order valence-electron chi connectivity index (χ2n) is 7.54. The third-order valence-electron chi connectivity index (χ3n) is 5.38. The SMILES string of the molecule is NC(=O)c1c2c(cn(-c3ccc(F)cc3)c1=O)CN(C(=O)Cc1cc(F)cc(F)c1)CC2. The molecule has 0 unspecified atom stereocenters. The summed E-state index contributed by atoms with van der Waals surface area (Å²) in [7, 11) is 0. The van der Waals surface area contributed by atoms with Gasteiger partial charge in [-0.25, -0.2) is 13.2 Å². The summed E-state index contributed by atoms with van der Waals surface area (Å²) in [5.41, 5.74) is 6.20. The predicted octanol–water partition coefficient (Wildman–Crippen LogP) is 2.48. The standard InChI is InChI=1S/C23H18F3N3O3/c24-15-1-3-18(4-2-15)29-12-14-11-28(6-5-19(14)21(22(27)31)23(29)32)20(30)9-13-7-16(25)10-17(26)8-13/h1-4,7-8,10,12H,5-6,9,11H2,(H2,27,31). The minimum absolute atomic E-state index is 0.0771. The number of aromatic nitrogens is 1. The zero-order valence-corrected chi connectivity index (χ0v) is 16.8. The first-order chi connectivity index (χ1) is 15.2. The normalized spacial score (nSPS) is 13.0. The van der Waals surface area contributed by atoms with Gasteiger partial charge >= 0.3 is 0 Å². The van der Waals surface area contributed by atoms with E-state index in [0.717, 1.165) is 18.2 Å². The van der Waals surface area contributed by atoms with E-state index in [1.54, 1.807) is 0 Å². The number of carbonyl (C=O) groups excluding carboxylic acids is 2. The molecule has 1 aromatic heterocycles. The second-order valence-corrected chi connectivity index (χ2v) is 7.54. The number of amides is 2. The number of nitrogens with two attached hydrogens (primary N) is 1. The number of primary amides is 1. The van der Waals surface area contributed by atoms with Gasteiger partial charge in [0, 0.05) is 31.0 Å². The first kappa shape index (κ1) is 21.4. The van der Waals surface area contributed by atoms with Crippen molar-refractivity contribution in [2.75, 3.05) is 6.54 Å². The molecule has 1 aliphatic heterocycles. The molecule has 3 aromatic rings. The van der Waals surface area contributed by atoms with Crippen molar-refractivity contribution in [2.45, 2.75) is 19.4 Å². The van der Waals surface area contributed by atoms with E-state index in [1.807, 2.05) is 0 Å². The first-order valence-electron chi connectivity index (χ1n) is 9.79. The van der Waals surface area contributed by atoms with Crippen LogP contribution in [0.15, 0.2) is 53.5 Å². The van der Waals surface area contributed by atoms with Crippen LogP contribution in [0.1, 0.15) is 27.0 Å². The molecule has 0 radical (unpaired) electrons. The van der Waals surface area contributed by atoms with Gasteiger partial charge in [0.25, 0.3) is 11.5 Å². The molecule has 0 aliphatic carbocycles. The fourth-order valence-corrected chi connectivity index (χ4v) is 3.92. The number of nitrogens with zero attached hydrogens (tertiary/aromatic N) is 2. The summed E-state index contributed by atoms with van der Waals surface area (Å²) in [6.45, 7) is 0.289. The Hall–Kier alpha value is -3.88. The van der Waals surface area contributed by atoms with Gasteiger partial charge in [-0.3, -0.25) is 19.0 Å². The third kappa shape index (κ3) is 4.14. The van der Waals surface area contributed by atoms with Crippen molar-refractivity contribution in [1.82, 2.24) is 9.47 Å². The summed E-state index contributed by atoms with van der Waals surface area (Å²) >= 11 is 0. The lowest BCUT2D eigenvalue weighted by atomic mass is 9.95. The van der Waals surface area contributed by atoms with Gasteiger partial charge in [0.1, 0.15) is 23.0 Å². The molecule has 0 saturated heterocycles. The van der Waals surface area contributed by atoms with Crippen molar-refractivity contribution >= 4 is 11.8 Å². The summed E-state index contributed by atoms with van der Waals surface area (Å²) < 4.78 is 41.4. The van der Waals surface area contributed by atoms with E-state index in [-0.39, 0.29) is 43.0 Å². The van der Waals surface area contributed by atoms with Gasteiger partial charge in [0.2, 0.25) is 5.91 Å². The molecule has 0 atom stereocenters. The van der Waals surface area contributed by atoms with Gasteiger partial charge in [0.15, 0.2) is 0 Å². The Morgan fingerprint density at radius 3 is 2.25 bits per heavy atom. The van der Waals surface area contributed by atoms with Crippen LogP contribution in [0, 0.1) is 17.5 Å². The number of hydrogen-bond acceptors (Lipinski definition) is 3. The van der Waals surface area contributed by atoms with Crippen LogP contribution in [0.5, 0.6) is 0 Å². The summed E-state index contributed by atoms with van der Waals surface area (Å²) in [4.78, 5) is 39.2. The highest BCUT2D eigenvalue weighted by Crippen LogP contribution is 2.23. The number of benzene rings is 2. The summed E-state index contributed by atoms with van der Waals surface area (Å²) in [6.07, 6.45) is 1.51. The Kier molecular flexibility index (Phi) is 5.56. The van der Waals surface area contributed by atoms with Crippen molar-refractivity contribution < 1.29 is 22.8 Å². The number of hydrogen-bond donors (Lipinski definition) is 1. The van der Waals surface area contributed by atoms with Crippen LogP contribution in [-0.2, 0) is 24.2 Å². The average molecular weight is 441 g/mol. The Morgan fingerprint density at radius 1 is 0.969 bits per heavy atom. The van der Waals surface area contributed by atoms with Crippen LogP contribution in [0.3, 0.4) is 0 Å². The third-order valence-corrected chi connectivity index (χ3v) is 5.38. The molecule has 164 valence electrons. The molecule has 1 aliphatic rings. The van der Waals surface area contributed by atoms with E-state index < -0.39 is 28.9 Å². The largest absolute Gasteiger partial charge is 0.365 e. The monoisotopic (exact) mass is 441 g/mol. The summed E-state index contributed by atoms with van der Waals surface area (Å²) in [5.74, 6) is -3.28. The van der Waals surface area contributed by atoms with Crippen LogP contribution in [-0.4, -0.2) is 27.8 Å². The Labute approximate surface area is 180 Å². The van der Waals surface area contributed by atoms with Crippen molar-refractivity contribution in [2.24, 2.45) is 5.73 Å². The number of carbonyl (C=O) groups is 2. The van der Waals surface area contributed by atoms with E-state index in [9.17, 15) is 27.6 Å². The fourth-order valence-electron chi connectivity index (χ4n) is 3.92. The van der Waals surface area contributed by atoms with Crippen LogP contribution >= 0.6 is 0 Å². The zero-order valence-electron chi connectivity index (χ0n) is 16.8. The lowest BCUT2D eigenvalue weighted by molar-refractivity contribution is -0.131. The van der Waals surface area contributed by atoms with Crippen molar-refractivity contribution in [3.05, 3.63) is 98.7 Å². The molecule has 2 amide bonds. The molecule has 2 aromatic carbocycles. The van der Waals surface area contributed by atoms with Crippen LogP contribution < -0.4 is 11.3 Å². The molecular weight excluding hydrogens is 423 g/mol. The Bertz CT molecular complexity index is 1270. The van der Waals surface area contributed by atoms with Crippen LogP contribution in [0.25, 0.3) is 5.69 Å². The van der Waals surface area contributed by atoms with E-state index in [2.05, 4.69) is 0 Å². The van der Waals surface area contributed by atoms with Crippen LogP contribution in [0.4, 0.5) is 13.2 Å². The Balaban J connectivity index is 1.68. The summed E-state index contributed by atoms with van der Waals surface area (Å²) in [6, 6.07) is 8.05. The van der Waals surface area contributed by atoms with E-state index >= 15 is 0 Å². The quantitative estimate of drug-likeness (QED) is 0.675. The zero-order chi connectivity index (χ0) is 23.0. The minimum atomic E-state index is -0.891. The molecule has 0 bridgehead atoms. The number of pyridine rings is 1. The molecule has 0 saturated carbocycles. The second kappa shape index (κ2) is 8.33. The van der Waals surface area contributed by atoms with E-state index in [0.29, 0.717) is 16.8 Å². The topological polar surface area (TPSA) is 85.4 Å². The first-order valence-corrected chi connectivity index (χ1v) is 9.79. The molecular formula is C23H18F3N3O3. The van der Waals surface area contributed by atoms with Crippen molar-refractivity contribution in [3.8, 4) is 5.69 Å². The van der Waals surface area contributed by atoms with Crippen molar-refractivity contribution in [1.29, 1.82) is 0 Å². The van der Waals surface area contributed by atoms with Gasteiger partial charge in [-0.15, -0.1) is 0 Å². The maximum absolute atomic E-state index is 13.4. The van der Waals surface area contributed by atoms with E-state index in [1.165, 1.54) is 39.9 Å². The fraction of sp³-hybridized carbons (Fsp3) is 0.174. The summed E-state index contributed by atoms with van der Waals surface area (Å²) in [5, 5.41) is 0. The molecule has 9 heteroatoms. The number of halogens is 3. The molecule has 4 rings (SSSR count). The highest BCUT2D eigenvalue weighted by molar-refractivity contribution is 5.94. The van der Waals surface area contributed by atoms with Crippen LogP contribution in [0.2, 0.25) is 0 Å².